The highest BCUT2D eigenvalue weighted by molar-refractivity contribution is 5.94. The molecule has 7 unspecified atom stereocenters. The number of carboxylic acid groups (broad SMARTS) is 1. The van der Waals surface area contributed by atoms with Gasteiger partial charge in [-0.1, -0.05) is 0 Å². The second-order valence-electron chi connectivity index (χ2n) is 14.4. The number of unbranched alkanes of at least 4 members (excludes halogenated alkanes) is 1. The Kier molecular flexibility index (Phi) is 23.0. The molecule has 5 amide bonds. The van der Waals surface area contributed by atoms with Gasteiger partial charge in [0.2, 0.25) is 23.6 Å². The molecular formula is C35H58FN11O14. The van der Waals surface area contributed by atoms with Gasteiger partial charge in [0.15, 0.2) is 23.8 Å². The summed E-state index contributed by atoms with van der Waals surface area (Å²) in [5, 5.41) is 52.4. The number of amides is 5. The van der Waals surface area contributed by atoms with Gasteiger partial charge in [-0.3, -0.25) is 28.7 Å². The summed E-state index contributed by atoms with van der Waals surface area (Å²) in [7, 11) is 1.56. The number of guanidine groups is 1. The molecular weight excluding hydrogens is 817 g/mol. The lowest BCUT2D eigenvalue weighted by molar-refractivity contribution is -0.142. The third-order valence-electron chi connectivity index (χ3n) is 8.24. The third kappa shape index (κ3) is 19.9. The van der Waals surface area contributed by atoms with Crippen LogP contribution in [0.2, 0.25) is 0 Å². The molecule has 0 aliphatic carbocycles. The monoisotopic (exact) mass is 875 g/mol. The van der Waals surface area contributed by atoms with Crippen LogP contribution >= 0.6 is 0 Å². The number of carbonyl (C=O) groups is 7. The van der Waals surface area contributed by atoms with Crippen LogP contribution in [-0.4, -0.2) is 153 Å². The summed E-state index contributed by atoms with van der Waals surface area (Å²) in [4.78, 5) is 100. The summed E-state index contributed by atoms with van der Waals surface area (Å²) in [5.74, 6) is -5.38. The quantitative estimate of drug-likeness (QED) is 0.0229. The fourth-order valence-corrected chi connectivity index (χ4v) is 5.25. The van der Waals surface area contributed by atoms with Gasteiger partial charge in [0, 0.05) is 26.4 Å². The van der Waals surface area contributed by atoms with Crippen molar-refractivity contribution in [2.24, 2.45) is 16.5 Å². The van der Waals surface area contributed by atoms with Crippen LogP contribution in [0, 0.1) is 5.82 Å². The number of nitrogens with zero attached hydrogens (tertiary/aromatic N) is 3. The van der Waals surface area contributed by atoms with Gasteiger partial charge in [-0.25, -0.2) is 18.8 Å². The van der Waals surface area contributed by atoms with E-state index in [1.165, 1.54) is 6.92 Å². The molecule has 0 saturated carbocycles. The molecule has 14 N–H and O–H groups in total. The van der Waals surface area contributed by atoms with Gasteiger partial charge in [0.1, 0.15) is 42.3 Å². The predicted molar refractivity (Wildman–Crippen MR) is 212 cm³/mol. The van der Waals surface area contributed by atoms with E-state index >= 15 is 0 Å². The average Bonchev–Trinajstić information content (AvgIpc) is 3.45. The number of nitrogens with two attached hydrogens (primary N) is 2. The number of likely N-dealkylation sites (N-methyl/N-ethyl adjacent to an activating group) is 1. The van der Waals surface area contributed by atoms with Gasteiger partial charge >= 0.3 is 17.8 Å². The van der Waals surface area contributed by atoms with E-state index in [-0.39, 0.29) is 24.8 Å². The van der Waals surface area contributed by atoms with Crippen LogP contribution in [0.4, 0.5) is 15.0 Å². The van der Waals surface area contributed by atoms with Crippen molar-refractivity contribution in [3.8, 4) is 0 Å². The lowest BCUT2D eigenvalue weighted by atomic mass is 10.1. The molecule has 1 aromatic rings. The number of rotatable bonds is 22. The van der Waals surface area contributed by atoms with Crippen LogP contribution in [0.5, 0.6) is 0 Å². The zero-order valence-corrected chi connectivity index (χ0v) is 34.5. The predicted octanol–water partition coefficient (Wildman–Crippen LogP) is -3.97. The molecule has 0 aromatic carbocycles. The largest absolute Gasteiger partial charge is 0.480 e. The highest BCUT2D eigenvalue weighted by atomic mass is 19.1. The van der Waals surface area contributed by atoms with E-state index in [1.807, 2.05) is 0 Å². The Labute approximate surface area is 349 Å². The number of aliphatic carboxylic acids is 1. The Morgan fingerprint density at radius 2 is 1.67 bits per heavy atom. The number of anilines is 1. The molecule has 2 rings (SSSR count). The molecule has 0 bridgehead atoms. The Balaban J connectivity index is 0.000000611. The minimum Gasteiger partial charge on any atom is -0.480 e. The van der Waals surface area contributed by atoms with Crippen molar-refractivity contribution in [1.82, 2.24) is 36.1 Å². The number of aliphatic hydroxyl groups is 3. The Hall–Kier alpha value is -5.83. The van der Waals surface area contributed by atoms with Gasteiger partial charge in [0.25, 0.3) is 0 Å². The number of ether oxygens (including phenoxy) is 2. The standard InChI is InChI=1S/C18H28FN5O7.C17H30N6O7/c1-9(26)21-6-4-3-5-11(20-2)16(29)22-15-10(19)7-24(18(30)23-15)17-14(28)13(27)12(8-25)31-17;1-17(2,3)30-16(29)23-10(5-4-7-20-15(18)19)13(26)21-9-12(25)22-11(6-8-24)14(27)28/h7,11-14,17,20,25,27-28H,3-6,8H2,1-2H3,(H,21,26)(H,22,23,29,30);8,10-11H,4-7,9H2,1-3H3,(H,21,26)(H,22,25)(H,23,29)(H,27,28)(H4,18,19,20). The molecule has 26 heteroatoms. The first-order valence-electron chi connectivity index (χ1n) is 19.0. The van der Waals surface area contributed by atoms with Gasteiger partial charge in [0.05, 0.1) is 25.4 Å². The molecule has 0 spiro atoms. The van der Waals surface area contributed by atoms with E-state index in [9.17, 15) is 53.0 Å². The smallest absolute Gasteiger partial charge is 0.408 e. The van der Waals surface area contributed by atoms with Gasteiger partial charge in [-0.15, -0.1) is 0 Å². The molecule has 1 aliphatic heterocycles. The van der Waals surface area contributed by atoms with Gasteiger partial charge in [-0.05, 0) is 59.9 Å². The van der Waals surface area contributed by atoms with E-state index in [4.69, 9.17) is 31.2 Å². The fraction of sp³-hybridized carbons (Fsp3) is 0.657. The highest BCUT2D eigenvalue weighted by Gasteiger charge is 2.44. The number of aldehydes is 1. The van der Waals surface area contributed by atoms with Crippen molar-refractivity contribution in [3.05, 3.63) is 22.5 Å². The number of alkyl carbamates (subject to hydrolysis) is 1. The Morgan fingerprint density at radius 3 is 2.21 bits per heavy atom. The molecule has 1 aliphatic rings. The van der Waals surface area contributed by atoms with Crippen LogP contribution < -0.4 is 49.1 Å². The van der Waals surface area contributed by atoms with Crippen LogP contribution in [0.3, 0.4) is 0 Å². The van der Waals surface area contributed by atoms with E-state index < -0.39 is 115 Å². The summed E-state index contributed by atoms with van der Waals surface area (Å²) in [6, 6.07) is -3.13. The first-order valence-corrected chi connectivity index (χ1v) is 19.0. The van der Waals surface area contributed by atoms with Crippen LogP contribution in [0.1, 0.15) is 72.4 Å². The lowest BCUT2D eigenvalue weighted by Crippen LogP contribution is -2.51. The summed E-state index contributed by atoms with van der Waals surface area (Å²) in [6.07, 6.45) is -3.66. The van der Waals surface area contributed by atoms with Crippen molar-refractivity contribution in [2.75, 3.05) is 38.6 Å². The van der Waals surface area contributed by atoms with E-state index in [0.29, 0.717) is 49.3 Å². The lowest BCUT2D eigenvalue weighted by Gasteiger charge is -2.23. The molecule has 7 atom stereocenters. The molecule has 2 heterocycles. The second-order valence-corrected chi connectivity index (χ2v) is 14.4. The van der Waals surface area contributed by atoms with E-state index in [2.05, 4.69) is 41.9 Å². The SMILES string of the molecule is CC(C)(C)OC(=O)NC(CCCN=C(N)N)C(=O)NCC(=O)NC(CC=O)C(=O)O.CNC(CCCCNC(C)=O)C(=O)Nc1nc(=O)n(C2OC(CO)C(O)C2O)cc1F. The maximum atomic E-state index is 14.5. The molecule has 1 aromatic heterocycles. The number of aliphatic imine (C=N–C) groups is 1. The summed E-state index contributed by atoms with van der Waals surface area (Å²) in [6.45, 7) is 5.91. The maximum Gasteiger partial charge on any atom is 0.408 e. The van der Waals surface area contributed by atoms with Gasteiger partial charge < -0.3 is 78.1 Å². The summed E-state index contributed by atoms with van der Waals surface area (Å²) in [5.41, 5.74) is 8.66. The molecule has 344 valence electrons. The minimum atomic E-state index is -1.58. The minimum absolute atomic E-state index is 0.115. The maximum absolute atomic E-state index is 14.5. The summed E-state index contributed by atoms with van der Waals surface area (Å²) < 4.78 is 25.5. The molecule has 0 radical (unpaired) electrons. The number of carboxylic acids is 1. The van der Waals surface area contributed by atoms with Crippen LogP contribution in [0.25, 0.3) is 0 Å². The number of nitrogens with one attached hydrogen (secondary N) is 6. The molecule has 61 heavy (non-hydrogen) atoms. The van der Waals surface area contributed by atoms with E-state index in [0.717, 1.165) is 0 Å². The molecule has 1 fully saturated rings. The Morgan fingerprint density at radius 1 is 1.02 bits per heavy atom. The van der Waals surface area contributed by atoms with Gasteiger partial charge in [-0.2, -0.15) is 4.98 Å². The number of hydrogen-bond donors (Lipinski definition) is 12. The molecule has 25 nitrogen and oxygen atoms in total. The highest BCUT2D eigenvalue weighted by Crippen LogP contribution is 2.28. The number of aromatic nitrogens is 2. The second kappa shape index (κ2) is 26.4. The molecule has 1 saturated heterocycles. The third-order valence-corrected chi connectivity index (χ3v) is 8.24. The average molecular weight is 876 g/mol. The topological polar surface area (TPSA) is 390 Å². The normalized spacial score (nSPS) is 18.4. The van der Waals surface area contributed by atoms with Crippen LogP contribution in [0.15, 0.2) is 16.0 Å². The zero-order valence-electron chi connectivity index (χ0n) is 34.5. The number of aliphatic hydroxyl groups excluding tert-OH is 3. The van der Waals surface area contributed by atoms with E-state index in [1.54, 1.807) is 27.8 Å². The number of halogens is 1. The zero-order chi connectivity index (χ0) is 46.4. The van der Waals surface area contributed by atoms with Crippen molar-refractivity contribution >= 4 is 53.8 Å². The first-order chi connectivity index (χ1) is 28.5. The van der Waals surface area contributed by atoms with Crippen molar-refractivity contribution in [2.45, 2.75) is 114 Å². The van der Waals surface area contributed by atoms with Crippen molar-refractivity contribution in [3.63, 3.8) is 0 Å². The summed E-state index contributed by atoms with van der Waals surface area (Å²) >= 11 is 0. The first kappa shape index (κ1) is 53.2. The van der Waals surface area contributed by atoms with Crippen molar-refractivity contribution < 1.29 is 67.9 Å². The Bertz CT molecular complexity index is 1740. The number of hydrogen-bond acceptors (Lipinski definition) is 16. The van der Waals surface area contributed by atoms with Crippen LogP contribution in [-0.2, 0) is 38.2 Å². The number of carbonyl (C=O) groups excluding carboxylic acids is 6. The fourth-order valence-electron chi connectivity index (χ4n) is 5.25. The van der Waals surface area contributed by atoms with Crippen molar-refractivity contribution in [1.29, 1.82) is 0 Å².